The first-order chi connectivity index (χ1) is 9.31. The number of benzene rings is 1. The van der Waals surface area contributed by atoms with Gasteiger partial charge in [-0.15, -0.1) is 5.10 Å². The van der Waals surface area contributed by atoms with Crippen LogP contribution in [0.1, 0.15) is 48.8 Å². The van der Waals surface area contributed by atoms with Gasteiger partial charge in [-0.2, -0.15) is 5.26 Å². The van der Waals surface area contributed by atoms with Crippen LogP contribution in [0.5, 0.6) is 0 Å². The lowest BCUT2D eigenvalue weighted by Gasteiger charge is -2.22. The lowest BCUT2D eigenvalue weighted by atomic mass is 9.84. The van der Waals surface area contributed by atoms with Gasteiger partial charge in [0.25, 0.3) is 5.82 Å². The third kappa shape index (κ3) is 2.88. The fourth-order valence-corrected chi connectivity index (χ4v) is 2.26. The van der Waals surface area contributed by atoms with Crippen molar-refractivity contribution in [2.75, 3.05) is 0 Å². The van der Waals surface area contributed by atoms with E-state index in [1.807, 2.05) is 6.07 Å². The summed E-state index contributed by atoms with van der Waals surface area (Å²) in [6, 6.07) is 6.43. The highest BCUT2D eigenvalue weighted by Gasteiger charge is 2.16. The normalized spacial score (nSPS) is 11.4. The Hall–Kier alpha value is -2.15. The Morgan fingerprint density at radius 3 is 2.25 bits per heavy atom. The van der Waals surface area contributed by atoms with Crippen LogP contribution in [0.2, 0.25) is 0 Å². The number of hydrogen-bond acceptors (Lipinski definition) is 3. The number of aryl methyl sites for hydroxylation is 2. The van der Waals surface area contributed by atoms with Crippen LogP contribution in [0, 0.1) is 25.2 Å². The zero-order valence-electron chi connectivity index (χ0n) is 12.7. The monoisotopic (exact) mass is 268 g/mol. The maximum atomic E-state index is 8.76. The quantitative estimate of drug-likeness (QED) is 0.841. The van der Waals surface area contributed by atoms with Gasteiger partial charge in [0.15, 0.2) is 0 Å². The van der Waals surface area contributed by atoms with E-state index in [0.29, 0.717) is 6.54 Å². The molecule has 20 heavy (non-hydrogen) atoms. The van der Waals surface area contributed by atoms with Gasteiger partial charge >= 0.3 is 0 Å². The standard InChI is InChI=1S/C16H20N4/c1-11-6-13(16(3,4)5)7-12(2)14(11)9-20-10-18-15(8-17)19-20/h6-7,10H,9H2,1-5H3. The van der Waals surface area contributed by atoms with Crippen LogP contribution in [0.15, 0.2) is 18.5 Å². The molecule has 2 rings (SSSR count). The summed E-state index contributed by atoms with van der Waals surface area (Å²) in [6.07, 6.45) is 1.61. The van der Waals surface area contributed by atoms with E-state index in [-0.39, 0.29) is 11.2 Å². The van der Waals surface area contributed by atoms with E-state index >= 15 is 0 Å². The predicted octanol–water partition coefficient (Wildman–Crippen LogP) is 3.11. The molecule has 0 atom stereocenters. The van der Waals surface area contributed by atoms with E-state index < -0.39 is 0 Å². The van der Waals surface area contributed by atoms with Crippen molar-refractivity contribution in [1.82, 2.24) is 14.8 Å². The third-order valence-electron chi connectivity index (χ3n) is 3.52. The highest BCUT2D eigenvalue weighted by molar-refractivity contribution is 5.40. The van der Waals surface area contributed by atoms with E-state index in [2.05, 4.69) is 56.8 Å². The van der Waals surface area contributed by atoms with Crippen LogP contribution in [-0.4, -0.2) is 14.8 Å². The molecule has 4 heteroatoms. The minimum atomic E-state index is 0.148. The number of aromatic nitrogens is 3. The Labute approximate surface area is 120 Å². The maximum absolute atomic E-state index is 8.76. The highest BCUT2D eigenvalue weighted by Crippen LogP contribution is 2.27. The van der Waals surface area contributed by atoms with Crippen molar-refractivity contribution in [1.29, 1.82) is 5.26 Å². The molecule has 0 N–H and O–H groups in total. The molecule has 2 aromatic rings. The number of nitrogens with zero attached hydrogens (tertiary/aromatic N) is 4. The van der Waals surface area contributed by atoms with Gasteiger partial charge in [-0.3, -0.25) is 0 Å². The molecular weight excluding hydrogens is 248 g/mol. The molecule has 0 saturated carbocycles. The molecule has 1 aromatic carbocycles. The van der Waals surface area contributed by atoms with Crippen molar-refractivity contribution < 1.29 is 0 Å². The summed E-state index contributed by atoms with van der Waals surface area (Å²) in [5, 5.41) is 12.9. The molecule has 0 aliphatic heterocycles. The molecule has 0 aliphatic carbocycles. The second-order valence-electron chi connectivity index (χ2n) is 6.22. The number of hydrogen-bond donors (Lipinski definition) is 0. The zero-order valence-corrected chi connectivity index (χ0v) is 12.7. The van der Waals surface area contributed by atoms with Crippen LogP contribution >= 0.6 is 0 Å². The largest absolute Gasteiger partial charge is 0.252 e. The van der Waals surface area contributed by atoms with Gasteiger partial charge in [-0.25, -0.2) is 9.67 Å². The van der Waals surface area contributed by atoms with Crippen LogP contribution in [-0.2, 0) is 12.0 Å². The zero-order chi connectivity index (χ0) is 14.9. The molecule has 104 valence electrons. The fourth-order valence-electron chi connectivity index (χ4n) is 2.26. The van der Waals surface area contributed by atoms with Gasteiger partial charge in [-0.1, -0.05) is 32.9 Å². The van der Waals surface area contributed by atoms with Crippen LogP contribution in [0.25, 0.3) is 0 Å². The number of rotatable bonds is 2. The highest BCUT2D eigenvalue weighted by atomic mass is 15.3. The third-order valence-corrected chi connectivity index (χ3v) is 3.52. The Kier molecular flexibility index (Phi) is 3.63. The van der Waals surface area contributed by atoms with E-state index in [1.54, 1.807) is 11.0 Å². The molecule has 0 unspecified atom stereocenters. The van der Waals surface area contributed by atoms with Crippen molar-refractivity contribution >= 4 is 0 Å². The fraction of sp³-hybridized carbons (Fsp3) is 0.438. The minimum absolute atomic E-state index is 0.148. The SMILES string of the molecule is Cc1cc(C(C)(C)C)cc(C)c1Cn1cnc(C#N)n1. The summed E-state index contributed by atoms with van der Waals surface area (Å²) in [5.74, 6) is 0.214. The molecule has 0 bridgehead atoms. The van der Waals surface area contributed by atoms with Gasteiger partial charge in [0.1, 0.15) is 12.4 Å². The molecular formula is C16H20N4. The molecule has 0 saturated heterocycles. The average Bonchev–Trinajstić information content (AvgIpc) is 2.80. The van der Waals surface area contributed by atoms with E-state index in [1.165, 1.54) is 22.3 Å². The Bertz CT molecular complexity index is 646. The summed E-state index contributed by atoms with van der Waals surface area (Å²) >= 11 is 0. The molecule has 0 radical (unpaired) electrons. The smallest absolute Gasteiger partial charge is 0.247 e. The Morgan fingerprint density at radius 1 is 1.20 bits per heavy atom. The van der Waals surface area contributed by atoms with E-state index in [0.717, 1.165) is 0 Å². The summed E-state index contributed by atoms with van der Waals surface area (Å²) < 4.78 is 1.71. The van der Waals surface area contributed by atoms with Crippen molar-refractivity contribution in [3.05, 3.63) is 46.5 Å². The van der Waals surface area contributed by atoms with Crippen molar-refractivity contribution in [2.45, 2.75) is 46.6 Å². The van der Waals surface area contributed by atoms with Crippen molar-refractivity contribution in [2.24, 2.45) is 0 Å². The van der Waals surface area contributed by atoms with Gasteiger partial charge in [-0.05, 0) is 41.5 Å². The summed E-state index contributed by atoms with van der Waals surface area (Å²) in [7, 11) is 0. The second-order valence-corrected chi connectivity index (χ2v) is 6.22. The maximum Gasteiger partial charge on any atom is 0.252 e. The van der Waals surface area contributed by atoms with Crippen LogP contribution in [0.4, 0.5) is 0 Å². The Morgan fingerprint density at radius 2 is 1.80 bits per heavy atom. The average molecular weight is 268 g/mol. The van der Waals surface area contributed by atoms with Gasteiger partial charge in [0, 0.05) is 0 Å². The Balaban J connectivity index is 2.36. The summed E-state index contributed by atoms with van der Waals surface area (Å²) in [6.45, 7) is 11.6. The minimum Gasteiger partial charge on any atom is -0.247 e. The molecule has 0 amide bonds. The molecule has 0 aliphatic rings. The van der Waals surface area contributed by atoms with Crippen molar-refractivity contribution in [3.63, 3.8) is 0 Å². The first kappa shape index (κ1) is 14.3. The molecule has 4 nitrogen and oxygen atoms in total. The second kappa shape index (κ2) is 5.09. The van der Waals surface area contributed by atoms with Crippen molar-refractivity contribution in [3.8, 4) is 6.07 Å². The van der Waals surface area contributed by atoms with E-state index in [4.69, 9.17) is 5.26 Å². The van der Waals surface area contributed by atoms with Crippen LogP contribution in [0.3, 0.4) is 0 Å². The first-order valence-electron chi connectivity index (χ1n) is 6.71. The lowest BCUT2D eigenvalue weighted by molar-refractivity contribution is 0.587. The van der Waals surface area contributed by atoms with Gasteiger partial charge in [0.2, 0.25) is 0 Å². The first-order valence-corrected chi connectivity index (χ1v) is 6.71. The molecule has 1 aromatic heterocycles. The van der Waals surface area contributed by atoms with Gasteiger partial charge in [0.05, 0.1) is 6.54 Å². The summed E-state index contributed by atoms with van der Waals surface area (Å²) in [5.41, 5.74) is 5.24. The van der Waals surface area contributed by atoms with Gasteiger partial charge < -0.3 is 0 Å². The molecule has 1 heterocycles. The van der Waals surface area contributed by atoms with Crippen LogP contribution < -0.4 is 0 Å². The summed E-state index contributed by atoms with van der Waals surface area (Å²) in [4.78, 5) is 3.94. The predicted molar refractivity (Wildman–Crippen MR) is 78.5 cm³/mol. The lowest BCUT2D eigenvalue weighted by Crippen LogP contribution is -2.13. The number of nitriles is 1. The topological polar surface area (TPSA) is 54.5 Å². The molecule has 0 fully saturated rings. The molecule has 0 spiro atoms. The van der Waals surface area contributed by atoms with E-state index in [9.17, 15) is 0 Å².